The van der Waals surface area contributed by atoms with E-state index in [0.717, 1.165) is 11.6 Å². The SMILES string of the molecule is C=C(NC(C)C)c1cccc(C2CC2)c1. The molecule has 0 aliphatic heterocycles. The highest BCUT2D eigenvalue weighted by Crippen LogP contribution is 2.40. The molecule has 1 aromatic rings. The Morgan fingerprint density at radius 2 is 2.13 bits per heavy atom. The van der Waals surface area contributed by atoms with Gasteiger partial charge in [0.2, 0.25) is 0 Å². The van der Waals surface area contributed by atoms with Crippen LogP contribution in [0.2, 0.25) is 0 Å². The van der Waals surface area contributed by atoms with Crippen molar-refractivity contribution in [3.63, 3.8) is 0 Å². The van der Waals surface area contributed by atoms with Crippen LogP contribution in [0.1, 0.15) is 43.7 Å². The van der Waals surface area contributed by atoms with Crippen LogP contribution in [0.4, 0.5) is 0 Å². The minimum absolute atomic E-state index is 0.446. The van der Waals surface area contributed by atoms with Gasteiger partial charge in [-0.2, -0.15) is 0 Å². The van der Waals surface area contributed by atoms with Crippen molar-refractivity contribution in [3.05, 3.63) is 42.0 Å². The lowest BCUT2D eigenvalue weighted by molar-refractivity contribution is 0.718. The summed E-state index contributed by atoms with van der Waals surface area (Å²) in [5.74, 6) is 0.816. The van der Waals surface area contributed by atoms with Gasteiger partial charge in [0, 0.05) is 11.7 Å². The summed E-state index contributed by atoms with van der Waals surface area (Å²) in [6.45, 7) is 8.34. The zero-order valence-electron chi connectivity index (χ0n) is 9.59. The van der Waals surface area contributed by atoms with Crippen LogP contribution >= 0.6 is 0 Å². The van der Waals surface area contributed by atoms with Gasteiger partial charge in [-0.1, -0.05) is 24.8 Å². The summed E-state index contributed by atoms with van der Waals surface area (Å²) in [4.78, 5) is 0. The van der Waals surface area contributed by atoms with E-state index in [1.165, 1.54) is 24.0 Å². The second-order valence-corrected chi connectivity index (χ2v) is 4.68. The van der Waals surface area contributed by atoms with Gasteiger partial charge < -0.3 is 5.32 Å². The van der Waals surface area contributed by atoms with Crippen molar-refractivity contribution >= 4 is 5.70 Å². The lowest BCUT2D eigenvalue weighted by Gasteiger charge is -2.13. The predicted octanol–water partition coefficient (Wildman–Crippen LogP) is 3.53. The molecule has 2 rings (SSSR count). The van der Waals surface area contributed by atoms with E-state index in [0.29, 0.717) is 6.04 Å². The van der Waals surface area contributed by atoms with Gasteiger partial charge in [-0.05, 0) is 49.8 Å². The van der Waals surface area contributed by atoms with Gasteiger partial charge in [0.05, 0.1) is 0 Å². The van der Waals surface area contributed by atoms with Crippen molar-refractivity contribution in [1.29, 1.82) is 0 Å². The third-order valence-corrected chi connectivity index (χ3v) is 2.75. The molecule has 0 bridgehead atoms. The average molecular weight is 201 g/mol. The number of rotatable bonds is 4. The molecule has 1 N–H and O–H groups in total. The van der Waals surface area contributed by atoms with Crippen LogP contribution < -0.4 is 5.32 Å². The van der Waals surface area contributed by atoms with Gasteiger partial charge in [-0.15, -0.1) is 0 Å². The molecule has 0 amide bonds. The number of benzene rings is 1. The van der Waals surface area contributed by atoms with Gasteiger partial charge in [0.25, 0.3) is 0 Å². The van der Waals surface area contributed by atoms with Gasteiger partial charge in [-0.25, -0.2) is 0 Å². The van der Waals surface area contributed by atoms with Gasteiger partial charge in [-0.3, -0.25) is 0 Å². The molecule has 1 fully saturated rings. The fourth-order valence-electron chi connectivity index (χ4n) is 1.83. The number of hydrogen-bond donors (Lipinski definition) is 1. The van der Waals surface area contributed by atoms with Crippen molar-refractivity contribution in [1.82, 2.24) is 5.32 Å². The first-order chi connectivity index (χ1) is 7.16. The van der Waals surface area contributed by atoms with Gasteiger partial charge in [0.1, 0.15) is 0 Å². The first-order valence-corrected chi connectivity index (χ1v) is 5.72. The van der Waals surface area contributed by atoms with E-state index in [4.69, 9.17) is 0 Å². The number of hydrogen-bond acceptors (Lipinski definition) is 1. The molecule has 1 saturated carbocycles. The maximum absolute atomic E-state index is 4.07. The highest BCUT2D eigenvalue weighted by Gasteiger charge is 2.23. The molecule has 15 heavy (non-hydrogen) atoms. The van der Waals surface area contributed by atoms with E-state index in [2.05, 4.69) is 50.0 Å². The zero-order chi connectivity index (χ0) is 10.8. The summed E-state index contributed by atoms with van der Waals surface area (Å²) in [6.07, 6.45) is 2.71. The van der Waals surface area contributed by atoms with E-state index in [1.54, 1.807) is 0 Å². The normalized spacial score (nSPS) is 15.4. The van der Waals surface area contributed by atoms with Crippen LogP contribution in [-0.4, -0.2) is 6.04 Å². The molecule has 0 heterocycles. The fourth-order valence-corrected chi connectivity index (χ4v) is 1.83. The van der Waals surface area contributed by atoms with Crippen LogP contribution in [0.25, 0.3) is 5.70 Å². The Balaban J connectivity index is 2.13. The first kappa shape index (κ1) is 10.3. The molecule has 0 saturated heterocycles. The summed E-state index contributed by atoms with van der Waals surface area (Å²) in [5.41, 5.74) is 3.74. The van der Waals surface area contributed by atoms with Gasteiger partial charge in [0.15, 0.2) is 0 Å². The second-order valence-electron chi connectivity index (χ2n) is 4.68. The van der Waals surface area contributed by atoms with Crippen molar-refractivity contribution in [2.75, 3.05) is 0 Å². The largest absolute Gasteiger partial charge is 0.383 e. The average Bonchev–Trinajstić information content (AvgIpc) is 3.00. The quantitative estimate of drug-likeness (QED) is 0.785. The van der Waals surface area contributed by atoms with Crippen molar-refractivity contribution < 1.29 is 0 Å². The lowest BCUT2D eigenvalue weighted by atomic mass is 10.1. The molecule has 1 aliphatic rings. The lowest BCUT2D eigenvalue weighted by Crippen LogP contribution is -2.20. The highest BCUT2D eigenvalue weighted by molar-refractivity contribution is 5.62. The van der Waals surface area contributed by atoms with Crippen LogP contribution in [0.5, 0.6) is 0 Å². The van der Waals surface area contributed by atoms with E-state index in [1.807, 2.05) is 0 Å². The van der Waals surface area contributed by atoms with Crippen LogP contribution in [0.15, 0.2) is 30.8 Å². The predicted molar refractivity (Wildman–Crippen MR) is 65.7 cm³/mol. The van der Waals surface area contributed by atoms with E-state index >= 15 is 0 Å². The van der Waals surface area contributed by atoms with Gasteiger partial charge >= 0.3 is 0 Å². The Hall–Kier alpha value is -1.24. The molecule has 0 unspecified atom stereocenters. The minimum Gasteiger partial charge on any atom is -0.383 e. The summed E-state index contributed by atoms with van der Waals surface area (Å²) < 4.78 is 0. The molecule has 0 atom stereocenters. The smallest absolute Gasteiger partial charge is 0.0342 e. The Kier molecular flexibility index (Phi) is 2.81. The molecule has 0 radical (unpaired) electrons. The maximum atomic E-state index is 4.07. The van der Waals surface area contributed by atoms with Crippen LogP contribution in [0, 0.1) is 0 Å². The van der Waals surface area contributed by atoms with E-state index in [9.17, 15) is 0 Å². The molecule has 0 aromatic heterocycles. The summed E-state index contributed by atoms with van der Waals surface area (Å²) in [7, 11) is 0. The van der Waals surface area contributed by atoms with E-state index < -0.39 is 0 Å². The maximum Gasteiger partial charge on any atom is 0.0342 e. The molecule has 1 nitrogen and oxygen atoms in total. The molecule has 80 valence electrons. The Morgan fingerprint density at radius 1 is 1.40 bits per heavy atom. The van der Waals surface area contributed by atoms with Crippen LogP contribution in [-0.2, 0) is 0 Å². The van der Waals surface area contributed by atoms with Crippen molar-refractivity contribution in [2.24, 2.45) is 0 Å². The third kappa shape index (κ3) is 2.62. The Bertz CT molecular complexity index is 361. The molecular formula is C14H19N. The fraction of sp³-hybridized carbons (Fsp3) is 0.429. The molecule has 1 heteroatoms. The third-order valence-electron chi connectivity index (χ3n) is 2.75. The monoisotopic (exact) mass is 201 g/mol. The molecular weight excluding hydrogens is 182 g/mol. The van der Waals surface area contributed by atoms with Crippen molar-refractivity contribution in [2.45, 2.75) is 38.6 Å². The standard InChI is InChI=1S/C14H19N/c1-10(2)15-11(3)13-5-4-6-14(9-13)12-7-8-12/h4-6,9-10,12,15H,3,7-8H2,1-2H3. The van der Waals surface area contributed by atoms with Crippen LogP contribution in [0.3, 0.4) is 0 Å². The zero-order valence-corrected chi connectivity index (χ0v) is 9.59. The minimum atomic E-state index is 0.446. The number of nitrogens with one attached hydrogen (secondary N) is 1. The Morgan fingerprint density at radius 3 is 2.73 bits per heavy atom. The first-order valence-electron chi connectivity index (χ1n) is 5.72. The van der Waals surface area contributed by atoms with E-state index in [-0.39, 0.29) is 0 Å². The Labute approximate surface area is 92.2 Å². The topological polar surface area (TPSA) is 12.0 Å². The van der Waals surface area contributed by atoms with Crippen molar-refractivity contribution in [3.8, 4) is 0 Å². The summed E-state index contributed by atoms with van der Waals surface area (Å²) >= 11 is 0. The second kappa shape index (κ2) is 4.09. The highest BCUT2D eigenvalue weighted by atomic mass is 14.9. The molecule has 0 spiro atoms. The molecule has 1 aromatic carbocycles. The summed E-state index contributed by atoms with van der Waals surface area (Å²) in [6, 6.07) is 9.21. The molecule has 1 aliphatic carbocycles. The summed E-state index contributed by atoms with van der Waals surface area (Å²) in [5, 5.41) is 3.35.